The molecule has 1 fully saturated rings. The van der Waals surface area contributed by atoms with Crippen molar-refractivity contribution in [3.8, 4) is 0 Å². The molecule has 0 aromatic heterocycles. The molecule has 1 aliphatic heterocycles. The molecule has 1 aliphatic rings. The molecule has 1 amide bonds. The second-order valence-electron chi connectivity index (χ2n) is 6.21. The van der Waals surface area contributed by atoms with E-state index in [4.69, 9.17) is 0 Å². The van der Waals surface area contributed by atoms with Gasteiger partial charge in [-0.1, -0.05) is 17.7 Å². The van der Waals surface area contributed by atoms with Gasteiger partial charge in [-0.25, -0.2) is 0 Å². The molecule has 1 aromatic carbocycles. The van der Waals surface area contributed by atoms with Crippen LogP contribution in [0.4, 0.5) is 0 Å². The Balaban J connectivity index is 2.09. The smallest absolute Gasteiger partial charge is 0.222 e. The Kier molecular flexibility index (Phi) is 4.48. The van der Waals surface area contributed by atoms with Crippen molar-refractivity contribution in [2.24, 2.45) is 0 Å². The number of hydrogen-bond acceptors (Lipinski definition) is 2. The summed E-state index contributed by atoms with van der Waals surface area (Å²) in [6.07, 6.45) is 1.60. The number of piperidine rings is 1. The number of likely N-dealkylation sites (tertiary alicyclic amines) is 1. The van der Waals surface area contributed by atoms with Gasteiger partial charge in [0, 0.05) is 32.1 Å². The van der Waals surface area contributed by atoms with Crippen LogP contribution in [0.1, 0.15) is 48.1 Å². The van der Waals surface area contributed by atoms with Gasteiger partial charge in [0.05, 0.1) is 0 Å². The van der Waals surface area contributed by atoms with Crippen molar-refractivity contribution in [2.45, 2.75) is 52.6 Å². The molecular formula is C17H26N2O. The fraction of sp³-hybridized carbons (Fsp3) is 0.588. The van der Waals surface area contributed by atoms with Crippen LogP contribution in [-0.2, 0) is 4.79 Å². The quantitative estimate of drug-likeness (QED) is 0.919. The summed E-state index contributed by atoms with van der Waals surface area (Å²) >= 11 is 0. The number of nitrogens with zero attached hydrogens (tertiary/aromatic N) is 1. The predicted molar refractivity (Wildman–Crippen MR) is 82.9 cm³/mol. The highest BCUT2D eigenvalue weighted by Gasteiger charge is 2.24. The minimum absolute atomic E-state index is 0.262. The first-order valence-corrected chi connectivity index (χ1v) is 7.46. The SMILES string of the molecule is Cc1cc(C)c(C(C)NC2CCC(=O)N(C)C2)c(C)c1. The van der Waals surface area contributed by atoms with Gasteiger partial charge >= 0.3 is 0 Å². The third-order valence-electron chi connectivity index (χ3n) is 4.28. The van der Waals surface area contributed by atoms with Gasteiger partial charge in [-0.2, -0.15) is 0 Å². The first kappa shape index (κ1) is 15.0. The summed E-state index contributed by atoms with van der Waals surface area (Å²) in [5.74, 6) is 0.262. The summed E-state index contributed by atoms with van der Waals surface area (Å²) in [5, 5.41) is 3.69. The van der Waals surface area contributed by atoms with Gasteiger partial charge < -0.3 is 10.2 Å². The Morgan fingerprint density at radius 1 is 1.25 bits per heavy atom. The normalized spacial score (nSPS) is 21.1. The molecule has 0 spiro atoms. The zero-order valence-corrected chi connectivity index (χ0v) is 13.3. The van der Waals surface area contributed by atoms with Crippen LogP contribution in [0.25, 0.3) is 0 Å². The van der Waals surface area contributed by atoms with E-state index >= 15 is 0 Å². The minimum Gasteiger partial charge on any atom is -0.344 e. The number of benzene rings is 1. The summed E-state index contributed by atoms with van der Waals surface area (Å²) in [5.41, 5.74) is 5.42. The van der Waals surface area contributed by atoms with Crippen molar-refractivity contribution in [1.82, 2.24) is 10.2 Å². The molecule has 0 bridgehead atoms. The lowest BCUT2D eigenvalue weighted by Crippen LogP contribution is -2.47. The minimum atomic E-state index is 0.262. The number of nitrogens with one attached hydrogen (secondary N) is 1. The highest BCUT2D eigenvalue weighted by Crippen LogP contribution is 2.24. The summed E-state index contributed by atoms with van der Waals surface area (Å²) in [4.78, 5) is 13.4. The van der Waals surface area contributed by atoms with Crippen LogP contribution in [0, 0.1) is 20.8 Å². The topological polar surface area (TPSA) is 32.3 Å². The van der Waals surface area contributed by atoms with Gasteiger partial charge in [0.2, 0.25) is 5.91 Å². The van der Waals surface area contributed by atoms with Crippen LogP contribution < -0.4 is 5.32 Å². The second kappa shape index (κ2) is 5.96. The van der Waals surface area contributed by atoms with Crippen LogP contribution >= 0.6 is 0 Å². The maximum atomic E-state index is 11.5. The Morgan fingerprint density at radius 3 is 2.40 bits per heavy atom. The highest BCUT2D eigenvalue weighted by atomic mass is 16.2. The standard InChI is InChI=1S/C17H26N2O/c1-11-8-12(2)17(13(3)9-11)14(4)18-15-6-7-16(20)19(5)10-15/h8-9,14-15,18H,6-7,10H2,1-5H3. The van der Waals surface area contributed by atoms with Crippen molar-refractivity contribution in [3.63, 3.8) is 0 Å². The molecule has 3 nitrogen and oxygen atoms in total. The third-order valence-corrected chi connectivity index (χ3v) is 4.28. The first-order chi connectivity index (χ1) is 9.38. The van der Waals surface area contributed by atoms with Crippen molar-refractivity contribution in [2.75, 3.05) is 13.6 Å². The van der Waals surface area contributed by atoms with Crippen LogP contribution in [0.3, 0.4) is 0 Å². The van der Waals surface area contributed by atoms with E-state index in [9.17, 15) is 4.79 Å². The van der Waals surface area contributed by atoms with E-state index in [1.54, 1.807) is 0 Å². The van der Waals surface area contributed by atoms with E-state index in [1.807, 2.05) is 11.9 Å². The number of aryl methyl sites for hydroxylation is 3. The summed E-state index contributed by atoms with van der Waals surface area (Å²) in [6, 6.07) is 5.21. The monoisotopic (exact) mass is 274 g/mol. The van der Waals surface area contributed by atoms with Gasteiger partial charge in [-0.05, 0) is 50.8 Å². The number of carbonyl (C=O) groups excluding carboxylic acids is 1. The molecule has 110 valence electrons. The van der Waals surface area contributed by atoms with Crippen molar-refractivity contribution >= 4 is 5.91 Å². The van der Waals surface area contributed by atoms with Gasteiger partial charge in [0.15, 0.2) is 0 Å². The number of amides is 1. The Labute approximate surface area is 122 Å². The zero-order valence-electron chi connectivity index (χ0n) is 13.3. The largest absolute Gasteiger partial charge is 0.344 e. The van der Waals surface area contributed by atoms with Crippen LogP contribution in [-0.4, -0.2) is 30.4 Å². The molecular weight excluding hydrogens is 248 g/mol. The Hall–Kier alpha value is -1.35. The van der Waals surface area contributed by atoms with E-state index in [0.717, 1.165) is 13.0 Å². The van der Waals surface area contributed by atoms with Crippen LogP contribution in [0.15, 0.2) is 12.1 Å². The van der Waals surface area contributed by atoms with E-state index in [-0.39, 0.29) is 5.91 Å². The van der Waals surface area contributed by atoms with Crippen molar-refractivity contribution in [3.05, 3.63) is 34.4 Å². The van der Waals surface area contributed by atoms with Crippen molar-refractivity contribution in [1.29, 1.82) is 0 Å². The number of rotatable bonds is 3. The maximum absolute atomic E-state index is 11.5. The average molecular weight is 274 g/mol. The molecule has 20 heavy (non-hydrogen) atoms. The first-order valence-electron chi connectivity index (χ1n) is 7.46. The Bertz CT molecular complexity index is 487. The molecule has 1 aromatic rings. The highest BCUT2D eigenvalue weighted by molar-refractivity contribution is 5.76. The fourth-order valence-corrected chi connectivity index (χ4v) is 3.46. The summed E-state index contributed by atoms with van der Waals surface area (Å²) in [7, 11) is 1.89. The lowest BCUT2D eigenvalue weighted by Gasteiger charge is -2.33. The van der Waals surface area contributed by atoms with Crippen LogP contribution in [0.2, 0.25) is 0 Å². The molecule has 1 N–H and O–H groups in total. The maximum Gasteiger partial charge on any atom is 0.222 e. The molecule has 2 unspecified atom stereocenters. The third kappa shape index (κ3) is 3.21. The molecule has 2 atom stereocenters. The lowest BCUT2D eigenvalue weighted by molar-refractivity contribution is -0.132. The molecule has 0 radical (unpaired) electrons. The van der Waals surface area contributed by atoms with Crippen LogP contribution in [0.5, 0.6) is 0 Å². The van der Waals surface area contributed by atoms with E-state index < -0.39 is 0 Å². The van der Waals surface area contributed by atoms with Gasteiger partial charge in [-0.3, -0.25) is 4.79 Å². The zero-order chi connectivity index (χ0) is 14.9. The molecule has 0 saturated carbocycles. The molecule has 3 heteroatoms. The predicted octanol–water partition coefficient (Wildman–Crippen LogP) is 2.88. The molecule has 1 heterocycles. The van der Waals surface area contributed by atoms with E-state index in [2.05, 4.69) is 45.1 Å². The van der Waals surface area contributed by atoms with Gasteiger partial charge in [0.25, 0.3) is 0 Å². The van der Waals surface area contributed by atoms with Gasteiger partial charge in [-0.15, -0.1) is 0 Å². The number of likely N-dealkylation sites (N-methyl/N-ethyl adjacent to an activating group) is 1. The summed E-state index contributed by atoms with van der Waals surface area (Å²) in [6.45, 7) is 9.55. The fourth-order valence-electron chi connectivity index (χ4n) is 3.46. The number of hydrogen-bond donors (Lipinski definition) is 1. The lowest BCUT2D eigenvalue weighted by atomic mass is 9.93. The molecule has 1 saturated heterocycles. The van der Waals surface area contributed by atoms with Gasteiger partial charge in [0.1, 0.15) is 0 Å². The molecule has 2 rings (SSSR count). The average Bonchev–Trinajstić information content (AvgIpc) is 2.32. The van der Waals surface area contributed by atoms with Crippen molar-refractivity contribution < 1.29 is 4.79 Å². The van der Waals surface area contributed by atoms with E-state index in [1.165, 1.54) is 22.3 Å². The molecule has 0 aliphatic carbocycles. The Morgan fingerprint density at radius 2 is 1.85 bits per heavy atom. The summed E-state index contributed by atoms with van der Waals surface area (Å²) < 4.78 is 0. The number of carbonyl (C=O) groups is 1. The second-order valence-corrected chi connectivity index (χ2v) is 6.21. The van der Waals surface area contributed by atoms with E-state index in [0.29, 0.717) is 18.5 Å².